The lowest BCUT2D eigenvalue weighted by Crippen LogP contribution is -2.04. The first-order valence-electron chi connectivity index (χ1n) is 8.70. The first-order valence-corrected chi connectivity index (χ1v) is 8.70. The van der Waals surface area contributed by atoms with E-state index in [1.807, 2.05) is 10.9 Å². The van der Waals surface area contributed by atoms with E-state index in [9.17, 15) is 0 Å². The van der Waals surface area contributed by atoms with E-state index < -0.39 is 0 Å². The summed E-state index contributed by atoms with van der Waals surface area (Å²) in [6.07, 6.45) is 3.98. The Bertz CT molecular complexity index is 619. The molecule has 4 nitrogen and oxygen atoms in total. The average molecular weight is 315 g/mol. The highest BCUT2D eigenvalue weighted by Gasteiger charge is 2.14. The normalized spacial score (nSPS) is 12.6. The van der Waals surface area contributed by atoms with E-state index in [1.165, 1.54) is 11.1 Å². The van der Waals surface area contributed by atoms with Gasteiger partial charge in [-0.1, -0.05) is 45.0 Å². The molecule has 2 rings (SSSR count). The summed E-state index contributed by atoms with van der Waals surface area (Å²) in [7, 11) is 0. The van der Waals surface area contributed by atoms with Gasteiger partial charge in [-0.05, 0) is 48.8 Å². The second kappa shape index (κ2) is 8.14. The average Bonchev–Trinajstić information content (AvgIpc) is 3.00. The quantitative estimate of drug-likeness (QED) is 0.717. The zero-order valence-corrected chi connectivity index (χ0v) is 15.0. The molecule has 0 N–H and O–H groups in total. The third-order valence-electron chi connectivity index (χ3n) is 4.11. The van der Waals surface area contributed by atoms with Crippen molar-refractivity contribution in [3.05, 3.63) is 41.2 Å². The molecule has 1 unspecified atom stereocenters. The Morgan fingerprint density at radius 2 is 1.96 bits per heavy atom. The van der Waals surface area contributed by atoms with Gasteiger partial charge in [0.25, 0.3) is 0 Å². The lowest BCUT2D eigenvalue weighted by Gasteiger charge is -2.18. The molecule has 0 aliphatic carbocycles. The van der Waals surface area contributed by atoms with Crippen molar-refractivity contribution in [2.24, 2.45) is 0 Å². The van der Waals surface area contributed by atoms with Gasteiger partial charge in [0.1, 0.15) is 5.75 Å². The van der Waals surface area contributed by atoms with Crippen LogP contribution in [0.2, 0.25) is 0 Å². The molecular formula is C19H29N3O. The van der Waals surface area contributed by atoms with Crippen molar-refractivity contribution in [3.63, 3.8) is 0 Å². The van der Waals surface area contributed by atoms with Crippen LogP contribution in [-0.2, 0) is 13.0 Å². The Labute approximate surface area is 139 Å². The fourth-order valence-corrected chi connectivity index (χ4v) is 2.69. The minimum absolute atomic E-state index is 0.412. The molecule has 0 radical (unpaired) electrons. The summed E-state index contributed by atoms with van der Waals surface area (Å²) < 4.78 is 7.77. The summed E-state index contributed by atoms with van der Waals surface area (Å²) in [4.78, 5) is 0. The highest BCUT2D eigenvalue weighted by Crippen LogP contribution is 2.31. The van der Waals surface area contributed by atoms with Crippen molar-refractivity contribution in [2.75, 3.05) is 6.61 Å². The fraction of sp³-hybridized carbons (Fsp3) is 0.579. The summed E-state index contributed by atoms with van der Waals surface area (Å²) in [5.41, 5.74) is 3.68. The first kappa shape index (κ1) is 17.5. The smallest absolute Gasteiger partial charge is 0.122 e. The molecule has 1 atom stereocenters. The van der Waals surface area contributed by atoms with Crippen LogP contribution in [0.15, 0.2) is 24.4 Å². The van der Waals surface area contributed by atoms with Gasteiger partial charge in [0, 0.05) is 12.7 Å². The first-order chi connectivity index (χ1) is 11.0. The lowest BCUT2D eigenvalue weighted by atomic mass is 9.91. The number of ether oxygens (including phenoxy) is 1. The lowest BCUT2D eigenvalue weighted by molar-refractivity contribution is 0.313. The van der Waals surface area contributed by atoms with Gasteiger partial charge in [0.15, 0.2) is 0 Å². The van der Waals surface area contributed by atoms with E-state index in [0.717, 1.165) is 37.4 Å². The predicted molar refractivity (Wildman–Crippen MR) is 94.1 cm³/mol. The van der Waals surface area contributed by atoms with Crippen LogP contribution in [0, 0.1) is 0 Å². The summed E-state index contributed by atoms with van der Waals surface area (Å²) in [5, 5.41) is 8.38. The summed E-state index contributed by atoms with van der Waals surface area (Å²) in [6.45, 7) is 12.5. The molecule has 23 heavy (non-hydrogen) atoms. The Morgan fingerprint density at radius 1 is 1.17 bits per heavy atom. The molecule has 0 saturated heterocycles. The van der Waals surface area contributed by atoms with E-state index in [2.05, 4.69) is 63.1 Å². The monoisotopic (exact) mass is 315 g/mol. The largest absolute Gasteiger partial charge is 0.493 e. The Balaban J connectivity index is 2.16. The summed E-state index contributed by atoms with van der Waals surface area (Å²) in [6, 6.07) is 6.61. The van der Waals surface area contributed by atoms with Gasteiger partial charge < -0.3 is 4.74 Å². The zero-order chi connectivity index (χ0) is 16.8. The van der Waals surface area contributed by atoms with Crippen molar-refractivity contribution >= 4 is 0 Å². The highest BCUT2D eigenvalue weighted by atomic mass is 16.5. The number of benzene rings is 1. The van der Waals surface area contributed by atoms with Crippen molar-refractivity contribution in [2.45, 2.75) is 65.8 Å². The van der Waals surface area contributed by atoms with Crippen LogP contribution < -0.4 is 4.74 Å². The van der Waals surface area contributed by atoms with Crippen LogP contribution in [0.5, 0.6) is 5.75 Å². The maximum Gasteiger partial charge on any atom is 0.122 e. The van der Waals surface area contributed by atoms with Gasteiger partial charge in [-0.25, -0.2) is 0 Å². The van der Waals surface area contributed by atoms with Crippen molar-refractivity contribution in [1.82, 2.24) is 15.0 Å². The van der Waals surface area contributed by atoms with Crippen LogP contribution >= 0.6 is 0 Å². The summed E-state index contributed by atoms with van der Waals surface area (Å²) >= 11 is 0. The Hall–Kier alpha value is -1.84. The molecule has 2 aromatic rings. The predicted octanol–water partition coefficient (Wildman–Crippen LogP) is 4.56. The molecule has 0 spiro atoms. The standard InChI is InChI=1S/C19H29N3O/c1-6-10-23-19-9-8-16(12-18(19)14(3)4)15(5)11-17-13-22(7-2)21-20-17/h8-9,12-15H,6-7,10-11H2,1-5H3. The minimum atomic E-state index is 0.412. The van der Waals surface area contributed by atoms with Crippen LogP contribution in [0.25, 0.3) is 0 Å². The molecule has 126 valence electrons. The Morgan fingerprint density at radius 3 is 2.57 bits per heavy atom. The molecule has 4 heteroatoms. The number of aromatic nitrogens is 3. The Kier molecular flexibility index (Phi) is 6.20. The van der Waals surface area contributed by atoms with E-state index >= 15 is 0 Å². The third-order valence-corrected chi connectivity index (χ3v) is 4.11. The van der Waals surface area contributed by atoms with Crippen molar-refractivity contribution in [1.29, 1.82) is 0 Å². The second-order valence-electron chi connectivity index (χ2n) is 6.47. The molecule has 1 heterocycles. The van der Waals surface area contributed by atoms with Crippen LogP contribution in [0.3, 0.4) is 0 Å². The molecule has 0 bridgehead atoms. The molecule has 1 aromatic carbocycles. The van der Waals surface area contributed by atoms with Gasteiger partial charge in [0.2, 0.25) is 0 Å². The highest BCUT2D eigenvalue weighted by molar-refractivity contribution is 5.40. The second-order valence-corrected chi connectivity index (χ2v) is 6.47. The van der Waals surface area contributed by atoms with Crippen molar-refractivity contribution < 1.29 is 4.74 Å². The van der Waals surface area contributed by atoms with Crippen LogP contribution in [0.1, 0.15) is 69.7 Å². The van der Waals surface area contributed by atoms with Crippen LogP contribution in [0.4, 0.5) is 0 Å². The molecule has 0 saturated carbocycles. The number of hydrogen-bond donors (Lipinski definition) is 0. The molecule has 0 aliphatic heterocycles. The maximum absolute atomic E-state index is 5.89. The molecule has 0 fully saturated rings. The topological polar surface area (TPSA) is 39.9 Å². The van der Waals surface area contributed by atoms with E-state index in [0.29, 0.717) is 11.8 Å². The van der Waals surface area contributed by atoms with Crippen LogP contribution in [-0.4, -0.2) is 21.6 Å². The molecule has 1 aromatic heterocycles. The molecular weight excluding hydrogens is 286 g/mol. The van der Waals surface area contributed by atoms with E-state index in [4.69, 9.17) is 4.74 Å². The van der Waals surface area contributed by atoms with Gasteiger partial charge >= 0.3 is 0 Å². The summed E-state index contributed by atoms with van der Waals surface area (Å²) in [5.74, 6) is 1.89. The fourth-order valence-electron chi connectivity index (χ4n) is 2.69. The third kappa shape index (κ3) is 4.57. The molecule has 0 aliphatic rings. The van der Waals surface area contributed by atoms with Gasteiger partial charge in [0.05, 0.1) is 12.3 Å². The number of nitrogens with zero attached hydrogens (tertiary/aromatic N) is 3. The number of hydrogen-bond acceptors (Lipinski definition) is 3. The van der Waals surface area contributed by atoms with E-state index in [1.54, 1.807) is 0 Å². The SMILES string of the molecule is CCCOc1ccc(C(C)Cc2cn(CC)nn2)cc1C(C)C. The van der Waals surface area contributed by atoms with Gasteiger partial charge in [-0.2, -0.15) is 0 Å². The molecule has 0 amide bonds. The maximum atomic E-state index is 5.89. The number of aryl methyl sites for hydroxylation is 1. The van der Waals surface area contributed by atoms with Gasteiger partial charge in [-0.3, -0.25) is 4.68 Å². The minimum Gasteiger partial charge on any atom is -0.493 e. The number of rotatable bonds is 8. The van der Waals surface area contributed by atoms with E-state index in [-0.39, 0.29) is 0 Å². The van der Waals surface area contributed by atoms with Crippen molar-refractivity contribution in [3.8, 4) is 5.75 Å². The zero-order valence-electron chi connectivity index (χ0n) is 15.0. The van der Waals surface area contributed by atoms with Gasteiger partial charge in [-0.15, -0.1) is 5.10 Å².